The van der Waals surface area contributed by atoms with Gasteiger partial charge in [0.15, 0.2) is 0 Å². The molecule has 0 spiro atoms. The number of rotatable bonds is 8. The second-order valence-electron chi connectivity index (χ2n) is 7.06. The number of methoxy groups -OCH3 is 1. The van der Waals surface area contributed by atoms with Crippen molar-refractivity contribution in [1.82, 2.24) is 0 Å². The average Bonchev–Trinajstić information content (AvgIpc) is 3.01. The van der Waals surface area contributed by atoms with Crippen molar-refractivity contribution in [2.24, 2.45) is 17.6 Å². The molecule has 1 aliphatic carbocycles. The SMILES string of the molecule is CC.CCOC(=O)[C@]1(N)c2cc(C#N)ccc2C[C@@H]1C[C@H](CC)[C@H](CC)OC. The molecule has 2 N–H and O–H groups in total. The summed E-state index contributed by atoms with van der Waals surface area (Å²) < 4.78 is 11.0. The van der Waals surface area contributed by atoms with Crippen LogP contribution in [0.25, 0.3) is 0 Å². The highest BCUT2D eigenvalue weighted by atomic mass is 16.5. The van der Waals surface area contributed by atoms with Crippen LogP contribution in [0, 0.1) is 23.2 Å². The Kier molecular flexibility index (Phi) is 9.64. The first-order valence-electron chi connectivity index (χ1n) is 10.5. The minimum Gasteiger partial charge on any atom is -0.464 e. The Morgan fingerprint density at radius 2 is 2.00 bits per heavy atom. The van der Waals surface area contributed by atoms with Gasteiger partial charge in [-0.2, -0.15) is 5.26 Å². The lowest BCUT2D eigenvalue weighted by Crippen LogP contribution is -2.50. The minimum absolute atomic E-state index is 0.0698. The van der Waals surface area contributed by atoms with E-state index in [1.807, 2.05) is 19.9 Å². The molecule has 0 bridgehead atoms. The van der Waals surface area contributed by atoms with Gasteiger partial charge in [-0.25, -0.2) is 4.79 Å². The molecule has 0 heterocycles. The molecule has 1 aromatic rings. The van der Waals surface area contributed by atoms with Gasteiger partial charge in [0.2, 0.25) is 0 Å². The summed E-state index contributed by atoms with van der Waals surface area (Å²) in [5, 5.41) is 9.24. The van der Waals surface area contributed by atoms with Gasteiger partial charge in [-0.05, 0) is 61.3 Å². The lowest BCUT2D eigenvalue weighted by molar-refractivity contribution is -0.152. The average molecular weight is 389 g/mol. The molecule has 0 saturated carbocycles. The fraction of sp³-hybridized carbons (Fsp3) is 0.652. The Balaban J connectivity index is 0.00000190. The van der Waals surface area contributed by atoms with Gasteiger partial charge in [0, 0.05) is 7.11 Å². The minimum atomic E-state index is -1.21. The second kappa shape index (κ2) is 11.2. The fourth-order valence-electron chi connectivity index (χ4n) is 4.29. The Hall–Kier alpha value is -1.90. The lowest BCUT2D eigenvalue weighted by Gasteiger charge is -2.34. The number of benzene rings is 1. The molecule has 156 valence electrons. The molecular weight excluding hydrogens is 352 g/mol. The van der Waals surface area contributed by atoms with Crippen molar-refractivity contribution < 1.29 is 14.3 Å². The largest absolute Gasteiger partial charge is 0.464 e. The van der Waals surface area contributed by atoms with Gasteiger partial charge in [-0.1, -0.05) is 40.2 Å². The number of carbonyl (C=O) groups excluding carboxylic acids is 1. The van der Waals surface area contributed by atoms with E-state index in [4.69, 9.17) is 15.2 Å². The van der Waals surface area contributed by atoms with E-state index in [0.717, 1.165) is 30.4 Å². The molecule has 1 aliphatic rings. The van der Waals surface area contributed by atoms with Crippen LogP contribution in [-0.4, -0.2) is 25.8 Å². The van der Waals surface area contributed by atoms with E-state index >= 15 is 0 Å². The highest BCUT2D eigenvalue weighted by Crippen LogP contribution is 2.45. The molecule has 1 aromatic carbocycles. The monoisotopic (exact) mass is 388 g/mol. The van der Waals surface area contributed by atoms with Gasteiger partial charge in [-0.3, -0.25) is 0 Å². The van der Waals surface area contributed by atoms with Gasteiger partial charge < -0.3 is 15.2 Å². The molecule has 0 unspecified atom stereocenters. The number of ether oxygens (including phenoxy) is 2. The molecule has 2 rings (SSSR count). The summed E-state index contributed by atoms with van der Waals surface area (Å²) in [5.41, 5.74) is 7.80. The number of hydrogen-bond donors (Lipinski definition) is 1. The van der Waals surface area contributed by atoms with Crippen molar-refractivity contribution in [2.75, 3.05) is 13.7 Å². The lowest BCUT2D eigenvalue weighted by atomic mass is 9.76. The molecule has 5 nitrogen and oxygen atoms in total. The van der Waals surface area contributed by atoms with E-state index in [1.165, 1.54) is 0 Å². The number of hydrogen-bond acceptors (Lipinski definition) is 5. The molecular formula is C23H36N2O3. The summed E-state index contributed by atoms with van der Waals surface area (Å²) in [6.45, 7) is 10.3. The van der Waals surface area contributed by atoms with E-state index in [9.17, 15) is 10.1 Å². The maximum Gasteiger partial charge on any atom is 0.331 e. The molecule has 0 radical (unpaired) electrons. The van der Waals surface area contributed by atoms with Crippen LogP contribution in [0.15, 0.2) is 18.2 Å². The Morgan fingerprint density at radius 3 is 2.50 bits per heavy atom. The summed E-state index contributed by atoms with van der Waals surface area (Å²) in [5.74, 6) is -0.157. The first-order valence-corrected chi connectivity index (χ1v) is 10.5. The smallest absolute Gasteiger partial charge is 0.331 e. The van der Waals surface area contributed by atoms with E-state index in [-0.39, 0.29) is 18.6 Å². The number of carbonyl (C=O) groups is 1. The van der Waals surface area contributed by atoms with Gasteiger partial charge >= 0.3 is 5.97 Å². The topological polar surface area (TPSA) is 85.3 Å². The van der Waals surface area contributed by atoms with Crippen molar-refractivity contribution in [2.45, 2.75) is 71.9 Å². The molecule has 4 atom stereocenters. The highest BCUT2D eigenvalue weighted by Gasteiger charge is 2.51. The predicted octanol–water partition coefficient (Wildman–Crippen LogP) is 4.32. The van der Waals surface area contributed by atoms with Crippen molar-refractivity contribution in [1.29, 1.82) is 5.26 Å². The Bertz CT molecular complexity index is 679. The van der Waals surface area contributed by atoms with Crippen LogP contribution in [0.5, 0.6) is 0 Å². The molecule has 0 fully saturated rings. The normalized spacial score (nSPS) is 22.3. The number of esters is 1. The van der Waals surface area contributed by atoms with E-state index in [1.54, 1.807) is 26.2 Å². The van der Waals surface area contributed by atoms with E-state index in [2.05, 4.69) is 19.9 Å². The molecule has 0 saturated heterocycles. The molecule has 28 heavy (non-hydrogen) atoms. The molecule has 5 heteroatoms. The quantitative estimate of drug-likeness (QED) is 0.671. The van der Waals surface area contributed by atoms with E-state index < -0.39 is 11.5 Å². The molecule has 0 aliphatic heterocycles. The Labute approximate surface area is 170 Å². The number of nitrogens with zero attached hydrogens (tertiary/aromatic N) is 1. The van der Waals surface area contributed by atoms with Gasteiger partial charge in [0.25, 0.3) is 0 Å². The maximum absolute atomic E-state index is 12.9. The van der Waals surface area contributed by atoms with Crippen LogP contribution in [0.3, 0.4) is 0 Å². The first-order chi connectivity index (χ1) is 13.5. The van der Waals surface area contributed by atoms with Crippen molar-refractivity contribution in [3.8, 4) is 6.07 Å². The van der Waals surface area contributed by atoms with Crippen LogP contribution in [0.2, 0.25) is 0 Å². The summed E-state index contributed by atoms with van der Waals surface area (Å²) in [7, 11) is 1.74. The number of fused-ring (bicyclic) bond motifs is 1. The second-order valence-corrected chi connectivity index (χ2v) is 7.06. The van der Waals surface area contributed by atoms with Crippen molar-refractivity contribution in [3.63, 3.8) is 0 Å². The molecule has 0 amide bonds. The van der Waals surface area contributed by atoms with Crippen molar-refractivity contribution in [3.05, 3.63) is 34.9 Å². The third-order valence-corrected chi connectivity index (χ3v) is 5.75. The summed E-state index contributed by atoms with van der Waals surface area (Å²) >= 11 is 0. The summed E-state index contributed by atoms with van der Waals surface area (Å²) in [6, 6.07) is 7.60. The van der Waals surface area contributed by atoms with Crippen LogP contribution < -0.4 is 5.73 Å². The number of nitrogens with two attached hydrogens (primary N) is 1. The zero-order valence-electron chi connectivity index (χ0n) is 18.2. The summed E-state index contributed by atoms with van der Waals surface area (Å²) in [6.07, 6.45) is 3.53. The predicted molar refractivity (Wildman–Crippen MR) is 112 cm³/mol. The van der Waals surface area contributed by atoms with Crippen molar-refractivity contribution >= 4 is 5.97 Å². The van der Waals surface area contributed by atoms with Gasteiger partial charge in [0.1, 0.15) is 5.54 Å². The zero-order chi connectivity index (χ0) is 21.3. The zero-order valence-corrected chi connectivity index (χ0v) is 18.2. The number of nitriles is 1. The fourth-order valence-corrected chi connectivity index (χ4v) is 4.29. The van der Waals surface area contributed by atoms with Gasteiger partial charge in [-0.15, -0.1) is 0 Å². The summed E-state index contributed by atoms with van der Waals surface area (Å²) in [4.78, 5) is 12.9. The third-order valence-electron chi connectivity index (χ3n) is 5.75. The Morgan fingerprint density at radius 1 is 1.32 bits per heavy atom. The van der Waals surface area contributed by atoms with E-state index in [0.29, 0.717) is 17.9 Å². The van der Waals surface area contributed by atoms with Crippen LogP contribution in [0.4, 0.5) is 0 Å². The maximum atomic E-state index is 12.9. The van der Waals surface area contributed by atoms with Gasteiger partial charge in [0.05, 0.1) is 24.3 Å². The standard InChI is InChI=1S/C21H30N2O3.C2H6/c1-5-15(19(6-2)25-4)11-17-12-16-9-8-14(13-22)10-18(16)21(17,23)20(24)26-7-3;1-2/h8-10,15,17,19H,5-7,11-12,23H2,1-4H3;1-2H3/t15-,17-,19-,21+;/m0./s1. The first kappa shape index (κ1) is 24.1. The third kappa shape index (κ3) is 4.74. The van der Waals surface area contributed by atoms with Crippen LogP contribution in [0.1, 0.15) is 70.6 Å². The molecule has 0 aromatic heterocycles. The highest BCUT2D eigenvalue weighted by molar-refractivity contribution is 5.85. The van der Waals surface area contributed by atoms with Crippen LogP contribution in [-0.2, 0) is 26.2 Å². The van der Waals surface area contributed by atoms with Crippen LogP contribution >= 0.6 is 0 Å².